The molecule has 29 heavy (non-hydrogen) atoms. The van der Waals surface area contributed by atoms with Crippen LogP contribution in [0.25, 0.3) is 0 Å². The number of amides is 1. The Labute approximate surface area is 170 Å². The van der Waals surface area contributed by atoms with Gasteiger partial charge in [-0.1, -0.05) is 24.3 Å². The van der Waals surface area contributed by atoms with Gasteiger partial charge in [-0.15, -0.1) is 0 Å². The zero-order valence-electron chi connectivity index (χ0n) is 16.9. The van der Waals surface area contributed by atoms with Crippen molar-refractivity contribution in [2.75, 3.05) is 5.73 Å². The number of ether oxygens (including phenoxy) is 1. The van der Waals surface area contributed by atoms with Gasteiger partial charge in [-0.05, 0) is 56.9 Å². The number of aromatic nitrogens is 2. The molecule has 0 radical (unpaired) electrons. The molecule has 7 nitrogen and oxygen atoms in total. The molecular formula is C22H27N5O2. The summed E-state index contributed by atoms with van der Waals surface area (Å²) in [5.74, 6) is 1.49. The van der Waals surface area contributed by atoms with E-state index in [0.29, 0.717) is 35.6 Å². The molecule has 0 saturated heterocycles. The molecule has 0 atom stereocenters. The highest BCUT2D eigenvalue weighted by molar-refractivity contribution is 6.09. The molecule has 1 aliphatic heterocycles. The fraction of sp³-hybridized carbons (Fsp3) is 0.455. The molecule has 1 amide bonds. The summed E-state index contributed by atoms with van der Waals surface area (Å²) in [4.78, 5) is 24.1. The van der Waals surface area contributed by atoms with Gasteiger partial charge in [0.2, 0.25) is 11.8 Å². The number of carbonyl (C=O) groups is 1. The molecule has 1 fully saturated rings. The standard InChI is InChI=1S/C22H27N5O2/c1-22(2)19(27-18-20(24)25-12-26-21(18)29-22)16-9-7-15(8-10-16)14-5-3-13(4-6-14)11-17(23)28/h7-10,12-14H,3-6,11H2,1-2H3,(H2,23,28)(H2,24,25,26)/t13-,14-. The first kappa shape index (κ1) is 19.4. The first-order valence-electron chi connectivity index (χ1n) is 10.1. The lowest BCUT2D eigenvalue weighted by Gasteiger charge is -2.32. The summed E-state index contributed by atoms with van der Waals surface area (Å²) >= 11 is 0. The second-order valence-electron chi connectivity index (χ2n) is 8.50. The number of anilines is 1. The third-order valence-electron chi connectivity index (χ3n) is 5.95. The van der Waals surface area contributed by atoms with Crippen molar-refractivity contribution < 1.29 is 9.53 Å². The molecule has 4 rings (SSSR count). The van der Waals surface area contributed by atoms with Gasteiger partial charge in [0.05, 0.1) is 5.71 Å². The van der Waals surface area contributed by atoms with E-state index in [9.17, 15) is 4.79 Å². The lowest BCUT2D eigenvalue weighted by Crippen LogP contribution is -2.41. The van der Waals surface area contributed by atoms with Gasteiger partial charge in [0.25, 0.3) is 0 Å². The zero-order chi connectivity index (χ0) is 20.6. The molecule has 1 aromatic carbocycles. The van der Waals surface area contributed by atoms with Crippen LogP contribution in [0.4, 0.5) is 11.5 Å². The number of aliphatic imine (C=N–C) groups is 1. The van der Waals surface area contributed by atoms with Gasteiger partial charge in [-0.2, -0.15) is 4.98 Å². The fourth-order valence-electron chi connectivity index (χ4n) is 4.40. The molecule has 1 aliphatic carbocycles. The minimum Gasteiger partial charge on any atom is -0.463 e. The predicted octanol–water partition coefficient (Wildman–Crippen LogP) is 3.50. The summed E-state index contributed by atoms with van der Waals surface area (Å²) in [7, 11) is 0. The highest BCUT2D eigenvalue weighted by Crippen LogP contribution is 2.40. The van der Waals surface area contributed by atoms with Crippen molar-refractivity contribution in [1.82, 2.24) is 9.97 Å². The minimum absolute atomic E-state index is 0.191. The Balaban J connectivity index is 1.54. The Morgan fingerprint density at radius 1 is 1.14 bits per heavy atom. The SMILES string of the molecule is CC1(C)Oc2ncnc(N)c2N=C1c1ccc([C@H]2CC[C@H](CC(N)=O)CC2)cc1. The van der Waals surface area contributed by atoms with Crippen molar-refractivity contribution >= 4 is 23.1 Å². The first-order chi connectivity index (χ1) is 13.8. The van der Waals surface area contributed by atoms with Crippen molar-refractivity contribution in [2.24, 2.45) is 16.6 Å². The molecule has 7 heteroatoms. The second kappa shape index (κ2) is 7.46. The van der Waals surface area contributed by atoms with Crippen molar-refractivity contribution in [3.8, 4) is 5.88 Å². The molecule has 2 aliphatic rings. The number of nitrogens with zero attached hydrogens (tertiary/aromatic N) is 3. The Hall–Kier alpha value is -2.96. The lowest BCUT2D eigenvalue weighted by molar-refractivity contribution is -0.119. The van der Waals surface area contributed by atoms with E-state index in [1.165, 1.54) is 11.9 Å². The number of nitrogens with two attached hydrogens (primary N) is 2. The van der Waals surface area contributed by atoms with E-state index >= 15 is 0 Å². The van der Waals surface area contributed by atoms with E-state index < -0.39 is 5.60 Å². The van der Waals surface area contributed by atoms with Gasteiger partial charge in [0.15, 0.2) is 11.5 Å². The fourth-order valence-corrected chi connectivity index (χ4v) is 4.40. The van der Waals surface area contributed by atoms with Crippen LogP contribution in [-0.2, 0) is 4.79 Å². The number of hydrogen-bond donors (Lipinski definition) is 2. The van der Waals surface area contributed by atoms with Gasteiger partial charge in [-0.3, -0.25) is 4.79 Å². The molecule has 0 unspecified atom stereocenters. The third kappa shape index (κ3) is 3.95. The molecule has 0 spiro atoms. The summed E-state index contributed by atoms with van der Waals surface area (Å²) in [6.45, 7) is 3.95. The zero-order valence-corrected chi connectivity index (χ0v) is 16.9. The van der Waals surface area contributed by atoms with Crippen LogP contribution in [0.15, 0.2) is 35.6 Å². The number of primary amides is 1. The number of fused-ring (bicyclic) bond motifs is 1. The van der Waals surface area contributed by atoms with E-state index in [4.69, 9.17) is 21.2 Å². The third-order valence-corrected chi connectivity index (χ3v) is 5.95. The van der Waals surface area contributed by atoms with Gasteiger partial charge < -0.3 is 16.2 Å². The summed E-state index contributed by atoms with van der Waals surface area (Å²) in [5.41, 5.74) is 14.3. The second-order valence-corrected chi connectivity index (χ2v) is 8.50. The Kier molecular flexibility index (Phi) is 4.98. The van der Waals surface area contributed by atoms with Crippen LogP contribution in [0, 0.1) is 5.92 Å². The van der Waals surface area contributed by atoms with Crippen LogP contribution in [0.2, 0.25) is 0 Å². The smallest absolute Gasteiger partial charge is 0.246 e. The van der Waals surface area contributed by atoms with Gasteiger partial charge >= 0.3 is 0 Å². The molecule has 2 aromatic rings. The highest BCUT2D eigenvalue weighted by Gasteiger charge is 2.35. The molecular weight excluding hydrogens is 366 g/mol. The van der Waals surface area contributed by atoms with E-state index in [2.05, 4.69) is 34.2 Å². The quantitative estimate of drug-likeness (QED) is 0.824. The lowest BCUT2D eigenvalue weighted by atomic mass is 9.77. The number of benzene rings is 1. The van der Waals surface area contributed by atoms with Crippen molar-refractivity contribution in [3.63, 3.8) is 0 Å². The maximum Gasteiger partial charge on any atom is 0.246 e. The average Bonchev–Trinajstić information content (AvgIpc) is 2.67. The van der Waals surface area contributed by atoms with E-state index in [-0.39, 0.29) is 5.91 Å². The van der Waals surface area contributed by atoms with Crippen molar-refractivity contribution in [2.45, 2.75) is 57.5 Å². The Bertz CT molecular complexity index is 944. The molecule has 2 heterocycles. The van der Waals surface area contributed by atoms with Crippen molar-refractivity contribution in [3.05, 3.63) is 41.7 Å². The van der Waals surface area contributed by atoms with Crippen molar-refractivity contribution in [1.29, 1.82) is 0 Å². The summed E-state index contributed by atoms with van der Waals surface area (Å²) < 4.78 is 6.06. The number of carbonyl (C=O) groups excluding carboxylic acids is 1. The Morgan fingerprint density at radius 3 is 2.48 bits per heavy atom. The normalized spacial score (nSPS) is 22.9. The first-order valence-corrected chi connectivity index (χ1v) is 10.1. The van der Waals surface area contributed by atoms with Crippen LogP contribution in [0.5, 0.6) is 5.88 Å². The van der Waals surface area contributed by atoms with Crippen LogP contribution in [-0.4, -0.2) is 27.2 Å². The molecule has 1 aromatic heterocycles. The highest BCUT2D eigenvalue weighted by atomic mass is 16.5. The largest absolute Gasteiger partial charge is 0.463 e. The van der Waals surface area contributed by atoms with E-state index in [0.717, 1.165) is 37.0 Å². The van der Waals surface area contributed by atoms with E-state index in [1.807, 2.05) is 13.8 Å². The Morgan fingerprint density at radius 2 is 1.83 bits per heavy atom. The van der Waals surface area contributed by atoms with Gasteiger partial charge in [0.1, 0.15) is 11.9 Å². The van der Waals surface area contributed by atoms with Crippen LogP contribution < -0.4 is 16.2 Å². The predicted molar refractivity (Wildman–Crippen MR) is 112 cm³/mol. The number of rotatable bonds is 4. The maximum atomic E-state index is 11.1. The number of hydrogen-bond acceptors (Lipinski definition) is 6. The minimum atomic E-state index is -0.623. The molecule has 4 N–H and O–H groups in total. The van der Waals surface area contributed by atoms with Gasteiger partial charge in [0, 0.05) is 12.0 Å². The summed E-state index contributed by atoms with van der Waals surface area (Å²) in [5, 5.41) is 0. The molecule has 0 bridgehead atoms. The van der Waals surface area contributed by atoms with Crippen LogP contribution in [0.3, 0.4) is 0 Å². The van der Waals surface area contributed by atoms with E-state index in [1.54, 1.807) is 0 Å². The number of nitrogen functional groups attached to an aromatic ring is 1. The van der Waals surface area contributed by atoms with Crippen LogP contribution in [0.1, 0.15) is 63.0 Å². The summed E-state index contributed by atoms with van der Waals surface area (Å²) in [6, 6.07) is 8.54. The maximum absolute atomic E-state index is 11.1. The topological polar surface area (TPSA) is 116 Å². The molecule has 152 valence electrons. The van der Waals surface area contributed by atoms with Gasteiger partial charge in [-0.25, -0.2) is 9.98 Å². The average molecular weight is 393 g/mol. The van der Waals surface area contributed by atoms with Crippen LogP contribution >= 0.6 is 0 Å². The monoisotopic (exact) mass is 393 g/mol. The summed E-state index contributed by atoms with van der Waals surface area (Å²) in [6.07, 6.45) is 6.19. The molecule has 1 saturated carbocycles.